The largest absolute Gasteiger partial charge is 0.417 e. The zero-order chi connectivity index (χ0) is 16.9. The van der Waals surface area contributed by atoms with Gasteiger partial charge in [0.2, 0.25) is 0 Å². The summed E-state index contributed by atoms with van der Waals surface area (Å²) in [5, 5.41) is 0. The number of carbonyl (C=O) groups is 1. The minimum Gasteiger partial charge on any atom is -0.382 e. The molecule has 0 spiro atoms. The molecule has 0 aromatic heterocycles. The normalized spacial score (nSPS) is 16.6. The highest BCUT2D eigenvalue weighted by molar-refractivity contribution is 5.96. The van der Waals surface area contributed by atoms with Crippen molar-refractivity contribution < 1.29 is 27.4 Å². The fourth-order valence-electron chi connectivity index (χ4n) is 2.61. The van der Waals surface area contributed by atoms with Crippen LogP contribution in [0, 0.1) is 0 Å². The number of carbonyl (C=O) groups excluding carboxylic acids is 1. The van der Waals surface area contributed by atoms with Gasteiger partial charge < -0.3 is 14.4 Å². The van der Waals surface area contributed by atoms with Crippen LogP contribution in [0.4, 0.5) is 13.2 Å². The Labute approximate surface area is 133 Å². The molecule has 1 aromatic rings. The Kier molecular flexibility index (Phi) is 6.01. The summed E-state index contributed by atoms with van der Waals surface area (Å²) in [5.41, 5.74) is -1.18. The Bertz CT molecular complexity index is 526. The Balaban J connectivity index is 1.98. The van der Waals surface area contributed by atoms with Crippen LogP contribution in [0.3, 0.4) is 0 Å². The third-order valence-corrected chi connectivity index (χ3v) is 3.83. The van der Waals surface area contributed by atoms with Crippen LogP contribution >= 0.6 is 0 Å². The third-order valence-electron chi connectivity index (χ3n) is 3.83. The monoisotopic (exact) mass is 331 g/mol. The molecule has 1 amide bonds. The molecule has 0 bridgehead atoms. The second-order valence-corrected chi connectivity index (χ2v) is 5.40. The van der Waals surface area contributed by atoms with E-state index in [2.05, 4.69) is 0 Å². The number of nitrogens with zero attached hydrogens (tertiary/aromatic N) is 1. The number of rotatable bonds is 5. The van der Waals surface area contributed by atoms with Gasteiger partial charge in [-0.1, -0.05) is 12.1 Å². The highest BCUT2D eigenvalue weighted by Crippen LogP contribution is 2.32. The first-order chi connectivity index (χ1) is 10.9. The van der Waals surface area contributed by atoms with Crippen LogP contribution in [0.25, 0.3) is 0 Å². The molecule has 1 aliphatic heterocycles. The number of halogens is 3. The van der Waals surface area contributed by atoms with E-state index in [0.717, 1.165) is 6.07 Å². The van der Waals surface area contributed by atoms with E-state index < -0.39 is 17.6 Å². The van der Waals surface area contributed by atoms with Crippen molar-refractivity contribution in [3.05, 3.63) is 35.4 Å². The summed E-state index contributed by atoms with van der Waals surface area (Å²) in [6, 6.07) is 4.90. The van der Waals surface area contributed by atoms with Crippen molar-refractivity contribution >= 4 is 5.91 Å². The molecule has 128 valence electrons. The van der Waals surface area contributed by atoms with Crippen molar-refractivity contribution in [3.63, 3.8) is 0 Å². The van der Waals surface area contributed by atoms with Gasteiger partial charge in [0, 0.05) is 20.2 Å². The molecule has 1 aliphatic rings. The van der Waals surface area contributed by atoms with Crippen LogP contribution in [0.2, 0.25) is 0 Å². The standard InChI is InChI=1S/C16H20F3NO3/c1-22-10-11-23-12-6-8-20(9-7-12)15(21)13-4-2-3-5-14(13)16(17,18)19/h2-5,12H,6-11H2,1H3. The maximum Gasteiger partial charge on any atom is 0.417 e. The van der Waals surface area contributed by atoms with E-state index in [1.54, 1.807) is 7.11 Å². The van der Waals surface area contributed by atoms with E-state index in [-0.39, 0.29) is 11.7 Å². The van der Waals surface area contributed by atoms with Gasteiger partial charge >= 0.3 is 6.18 Å². The molecule has 23 heavy (non-hydrogen) atoms. The molecule has 0 aliphatic carbocycles. The van der Waals surface area contributed by atoms with Crippen LogP contribution in [-0.2, 0) is 15.7 Å². The second kappa shape index (κ2) is 7.79. The molecule has 1 fully saturated rings. The lowest BCUT2D eigenvalue weighted by Crippen LogP contribution is -2.41. The van der Waals surface area contributed by atoms with Crippen LogP contribution in [0.1, 0.15) is 28.8 Å². The lowest BCUT2D eigenvalue weighted by Gasteiger charge is -2.32. The van der Waals surface area contributed by atoms with Gasteiger partial charge in [0.25, 0.3) is 5.91 Å². The molecule has 0 atom stereocenters. The number of hydrogen-bond donors (Lipinski definition) is 0. The molecule has 1 heterocycles. The van der Waals surface area contributed by atoms with E-state index in [4.69, 9.17) is 9.47 Å². The maximum absolute atomic E-state index is 13.0. The van der Waals surface area contributed by atoms with Crippen LogP contribution in [0.5, 0.6) is 0 Å². The molecular formula is C16H20F3NO3. The lowest BCUT2D eigenvalue weighted by atomic mass is 10.0. The molecule has 1 aromatic carbocycles. The first-order valence-electron chi connectivity index (χ1n) is 7.49. The molecule has 0 N–H and O–H groups in total. The van der Waals surface area contributed by atoms with Gasteiger partial charge in [-0.3, -0.25) is 4.79 Å². The zero-order valence-electron chi connectivity index (χ0n) is 12.9. The summed E-state index contributed by atoms with van der Waals surface area (Å²) in [6.45, 7) is 1.76. The molecular weight excluding hydrogens is 311 g/mol. The van der Waals surface area contributed by atoms with Crippen LogP contribution in [0.15, 0.2) is 24.3 Å². The number of likely N-dealkylation sites (tertiary alicyclic amines) is 1. The topological polar surface area (TPSA) is 38.8 Å². The second-order valence-electron chi connectivity index (χ2n) is 5.40. The van der Waals surface area contributed by atoms with Crippen LogP contribution in [-0.4, -0.2) is 50.3 Å². The van der Waals surface area contributed by atoms with Crippen molar-refractivity contribution in [2.24, 2.45) is 0 Å². The van der Waals surface area contributed by atoms with Crippen molar-refractivity contribution in [3.8, 4) is 0 Å². The highest BCUT2D eigenvalue weighted by atomic mass is 19.4. The number of piperidine rings is 1. The van der Waals surface area contributed by atoms with Gasteiger partial charge in [-0.05, 0) is 25.0 Å². The number of hydrogen-bond acceptors (Lipinski definition) is 3. The molecule has 0 radical (unpaired) electrons. The van der Waals surface area contributed by atoms with E-state index in [1.807, 2.05) is 0 Å². The van der Waals surface area contributed by atoms with Crippen molar-refractivity contribution in [1.29, 1.82) is 0 Å². The number of methoxy groups -OCH3 is 1. The fraction of sp³-hybridized carbons (Fsp3) is 0.562. The Morgan fingerprint density at radius 2 is 1.87 bits per heavy atom. The zero-order valence-corrected chi connectivity index (χ0v) is 12.9. The quantitative estimate of drug-likeness (QED) is 0.779. The summed E-state index contributed by atoms with van der Waals surface area (Å²) in [7, 11) is 1.59. The maximum atomic E-state index is 13.0. The molecule has 0 unspecified atom stereocenters. The number of alkyl halides is 3. The highest BCUT2D eigenvalue weighted by Gasteiger charge is 2.36. The SMILES string of the molecule is COCCOC1CCN(C(=O)c2ccccc2C(F)(F)F)CC1. The average Bonchev–Trinajstić information content (AvgIpc) is 2.54. The Hall–Kier alpha value is -1.60. The predicted octanol–water partition coefficient (Wildman–Crippen LogP) is 2.97. The Morgan fingerprint density at radius 3 is 2.48 bits per heavy atom. The summed E-state index contributed by atoms with van der Waals surface area (Å²) in [5.74, 6) is -0.576. The summed E-state index contributed by atoms with van der Waals surface area (Å²) in [6.07, 6.45) is -3.28. The smallest absolute Gasteiger partial charge is 0.382 e. The molecule has 4 nitrogen and oxygen atoms in total. The number of amides is 1. The third kappa shape index (κ3) is 4.68. The molecule has 2 rings (SSSR count). The van der Waals surface area contributed by atoms with Crippen molar-refractivity contribution in [1.82, 2.24) is 4.90 Å². The van der Waals surface area contributed by atoms with Gasteiger partial charge in [-0.2, -0.15) is 13.2 Å². The van der Waals surface area contributed by atoms with Gasteiger partial charge in [-0.15, -0.1) is 0 Å². The predicted molar refractivity (Wildman–Crippen MR) is 78.2 cm³/mol. The van der Waals surface area contributed by atoms with Gasteiger partial charge in [-0.25, -0.2) is 0 Å². The summed E-state index contributed by atoms with van der Waals surface area (Å²) < 4.78 is 49.5. The number of benzene rings is 1. The van der Waals surface area contributed by atoms with Gasteiger partial charge in [0.15, 0.2) is 0 Å². The summed E-state index contributed by atoms with van der Waals surface area (Å²) in [4.78, 5) is 13.9. The van der Waals surface area contributed by atoms with E-state index in [1.165, 1.54) is 23.1 Å². The van der Waals surface area contributed by atoms with E-state index in [9.17, 15) is 18.0 Å². The summed E-state index contributed by atoms with van der Waals surface area (Å²) >= 11 is 0. The minimum atomic E-state index is -4.53. The average molecular weight is 331 g/mol. The van der Waals surface area contributed by atoms with E-state index in [0.29, 0.717) is 39.1 Å². The first kappa shape index (κ1) is 17.7. The van der Waals surface area contributed by atoms with Crippen molar-refractivity contribution in [2.45, 2.75) is 25.1 Å². The lowest BCUT2D eigenvalue weighted by molar-refractivity contribution is -0.138. The molecule has 7 heteroatoms. The Morgan fingerprint density at radius 1 is 1.22 bits per heavy atom. The minimum absolute atomic E-state index is 0.0204. The van der Waals surface area contributed by atoms with Crippen molar-refractivity contribution in [2.75, 3.05) is 33.4 Å². The van der Waals surface area contributed by atoms with E-state index >= 15 is 0 Å². The molecule has 0 saturated carbocycles. The van der Waals surface area contributed by atoms with Gasteiger partial charge in [0.1, 0.15) is 0 Å². The molecule has 1 saturated heterocycles. The first-order valence-corrected chi connectivity index (χ1v) is 7.49. The fourth-order valence-corrected chi connectivity index (χ4v) is 2.61. The van der Waals surface area contributed by atoms with Gasteiger partial charge in [0.05, 0.1) is 30.4 Å². The number of ether oxygens (including phenoxy) is 2. The van der Waals surface area contributed by atoms with Crippen LogP contribution < -0.4 is 0 Å².